The molecule has 0 spiro atoms. The smallest absolute Gasteiger partial charge is 0.100 e. The number of nitriles is 1. The van der Waals surface area contributed by atoms with Gasteiger partial charge in [-0.05, 0) is 13.3 Å². The van der Waals surface area contributed by atoms with E-state index < -0.39 is 0 Å². The third kappa shape index (κ3) is 1.56. The topological polar surface area (TPSA) is 36.1 Å². The summed E-state index contributed by atoms with van der Waals surface area (Å²) in [6.07, 6.45) is 6.07. The van der Waals surface area contributed by atoms with Crippen LogP contribution in [0.3, 0.4) is 0 Å². The third-order valence-electron chi connectivity index (χ3n) is 1.28. The summed E-state index contributed by atoms with van der Waals surface area (Å²) in [5.74, 6) is 0. The monoisotopic (exact) mass is 132 g/mol. The Morgan fingerprint density at radius 2 is 2.50 bits per heavy atom. The molecule has 1 heterocycles. The molecule has 50 valence electrons. The second-order valence-corrected chi connectivity index (χ2v) is 2.23. The van der Waals surface area contributed by atoms with E-state index in [0.717, 1.165) is 6.42 Å². The second-order valence-electron chi connectivity index (χ2n) is 2.23. The van der Waals surface area contributed by atoms with Crippen molar-refractivity contribution in [1.29, 1.82) is 5.26 Å². The van der Waals surface area contributed by atoms with Crippen molar-refractivity contribution >= 4 is 6.21 Å². The van der Waals surface area contributed by atoms with Crippen molar-refractivity contribution in [3.63, 3.8) is 0 Å². The molecule has 2 heteroatoms. The van der Waals surface area contributed by atoms with Crippen molar-refractivity contribution in [3.05, 3.63) is 23.4 Å². The molecule has 0 atom stereocenters. The van der Waals surface area contributed by atoms with Gasteiger partial charge in [-0.3, -0.25) is 4.99 Å². The molecule has 0 N–H and O–H groups in total. The quantitative estimate of drug-likeness (QED) is 0.495. The van der Waals surface area contributed by atoms with E-state index in [1.165, 1.54) is 5.57 Å². The van der Waals surface area contributed by atoms with Crippen molar-refractivity contribution in [3.8, 4) is 6.07 Å². The van der Waals surface area contributed by atoms with Crippen molar-refractivity contribution in [2.45, 2.75) is 13.3 Å². The molecular weight excluding hydrogens is 124 g/mol. The first-order valence-corrected chi connectivity index (χ1v) is 3.12. The fraction of sp³-hybridized carbons (Fsp3) is 0.250. The summed E-state index contributed by atoms with van der Waals surface area (Å²) in [4.78, 5) is 3.93. The van der Waals surface area contributed by atoms with Crippen LogP contribution in [0.5, 0.6) is 0 Å². The van der Waals surface area contributed by atoms with Crippen LogP contribution in [0.15, 0.2) is 28.4 Å². The maximum absolute atomic E-state index is 8.47. The van der Waals surface area contributed by atoms with Gasteiger partial charge in [-0.2, -0.15) is 5.26 Å². The molecule has 0 aliphatic carbocycles. The van der Waals surface area contributed by atoms with Gasteiger partial charge < -0.3 is 0 Å². The molecule has 1 rings (SSSR count). The highest BCUT2D eigenvalue weighted by molar-refractivity contribution is 5.84. The van der Waals surface area contributed by atoms with Crippen molar-refractivity contribution in [1.82, 2.24) is 0 Å². The first kappa shape index (κ1) is 6.76. The van der Waals surface area contributed by atoms with E-state index in [2.05, 4.69) is 4.99 Å². The Labute approximate surface area is 60.2 Å². The number of hydrogen-bond acceptors (Lipinski definition) is 2. The predicted octanol–water partition coefficient (Wildman–Crippen LogP) is 1.81. The SMILES string of the molecule is CC1=CN=CC(C#N)=CC1. The lowest BCUT2D eigenvalue weighted by Crippen LogP contribution is -1.76. The average Bonchev–Trinajstić information content (AvgIpc) is 2.14. The molecule has 2 nitrogen and oxygen atoms in total. The fourth-order valence-corrected chi connectivity index (χ4v) is 0.696. The summed E-state index contributed by atoms with van der Waals surface area (Å²) in [5, 5.41) is 8.47. The number of hydrogen-bond donors (Lipinski definition) is 0. The highest BCUT2D eigenvalue weighted by Crippen LogP contribution is 2.06. The van der Waals surface area contributed by atoms with Crippen LogP contribution in [0.4, 0.5) is 0 Å². The minimum Gasteiger partial charge on any atom is -0.263 e. The second kappa shape index (κ2) is 2.98. The predicted molar refractivity (Wildman–Crippen MR) is 40.6 cm³/mol. The Bertz CT molecular complexity index is 251. The van der Waals surface area contributed by atoms with Crippen LogP contribution in [0.2, 0.25) is 0 Å². The zero-order valence-electron chi connectivity index (χ0n) is 5.83. The summed E-state index contributed by atoms with van der Waals surface area (Å²) in [5.41, 5.74) is 1.83. The van der Waals surface area contributed by atoms with Gasteiger partial charge in [-0.15, -0.1) is 0 Å². The molecule has 0 saturated heterocycles. The van der Waals surface area contributed by atoms with Crippen molar-refractivity contribution < 1.29 is 0 Å². The molecule has 0 aromatic heterocycles. The van der Waals surface area contributed by atoms with E-state index in [4.69, 9.17) is 5.26 Å². The maximum atomic E-state index is 8.47. The first-order chi connectivity index (χ1) is 4.83. The van der Waals surface area contributed by atoms with Crippen LogP contribution < -0.4 is 0 Å². The minimum absolute atomic E-state index is 0.646. The third-order valence-corrected chi connectivity index (χ3v) is 1.28. The van der Waals surface area contributed by atoms with Crippen LogP contribution in [-0.2, 0) is 0 Å². The molecular formula is C8H8N2. The maximum Gasteiger partial charge on any atom is 0.100 e. The lowest BCUT2D eigenvalue weighted by Gasteiger charge is -1.86. The van der Waals surface area contributed by atoms with E-state index in [-0.39, 0.29) is 0 Å². The summed E-state index contributed by atoms with van der Waals surface area (Å²) < 4.78 is 0. The molecule has 0 bridgehead atoms. The Kier molecular flexibility index (Phi) is 2.01. The number of aliphatic imine (C=N–C) groups is 1. The standard InChI is InChI=1S/C8H8N2/c1-7-2-3-8(4-9)6-10-5-7/h3,5-6H,2H2,1H3. The largest absolute Gasteiger partial charge is 0.263 e. The molecule has 0 fully saturated rings. The summed E-state index contributed by atoms with van der Waals surface area (Å²) in [6, 6.07) is 2.04. The van der Waals surface area contributed by atoms with Crippen LogP contribution in [-0.4, -0.2) is 6.21 Å². The van der Waals surface area contributed by atoms with Gasteiger partial charge in [0.2, 0.25) is 0 Å². The molecule has 1 aliphatic rings. The molecule has 0 unspecified atom stereocenters. The van der Waals surface area contributed by atoms with E-state index in [1.54, 1.807) is 12.4 Å². The van der Waals surface area contributed by atoms with Gasteiger partial charge in [0, 0.05) is 12.4 Å². The van der Waals surface area contributed by atoms with E-state index in [9.17, 15) is 0 Å². The first-order valence-electron chi connectivity index (χ1n) is 3.12. The zero-order valence-corrected chi connectivity index (χ0v) is 5.83. The fourth-order valence-electron chi connectivity index (χ4n) is 0.696. The van der Waals surface area contributed by atoms with Crippen molar-refractivity contribution in [2.24, 2.45) is 4.99 Å². The summed E-state index contributed by atoms with van der Waals surface area (Å²) >= 11 is 0. The summed E-state index contributed by atoms with van der Waals surface area (Å²) in [6.45, 7) is 1.99. The van der Waals surface area contributed by atoms with E-state index in [0.29, 0.717) is 5.57 Å². The van der Waals surface area contributed by atoms with E-state index >= 15 is 0 Å². The Hall–Kier alpha value is -1.36. The molecule has 0 amide bonds. The minimum atomic E-state index is 0.646. The molecule has 0 aromatic rings. The molecule has 1 aliphatic heterocycles. The van der Waals surface area contributed by atoms with Gasteiger partial charge in [0.05, 0.1) is 5.57 Å². The van der Waals surface area contributed by atoms with Gasteiger partial charge in [0.1, 0.15) is 6.07 Å². The lowest BCUT2D eigenvalue weighted by molar-refractivity contribution is 1.20. The molecule has 0 radical (unpaired) electrons. The molecule has 0 saturated carbocycles. The molecule has 10 heavy (non-hydrogen) atoms. The molecule has 0 aromatic carbocycles. The number of allylic oxidation sites excluding steroid dienone is 3. The van der Waals surface area contributed by atoms with E-state index in [1.807, 2.05) is 19.1 Å². The highest BCUT2D eigenvalue weighted by Gasteiger charge is 1.93. The van der Waals surface area contributed by atoms with Crippen molar-refractivity contribution in [2.75, 3.05) is 0 Å². The number of rotatable bonds is 0. The average molecular weight is 132 g/mol. The lowest BCUT2D eigenvalue weighted by atomic mass is 10.2. The Balaban J connectivity index is 2.82. The van der Waals surface area contributed by atoms with Crippen LogP contribution in [0, 0.1) is 11.3 Å². The van der Waals surface area contributed by atoms with Gasteiger partial charge in [-0.1, -0.05) is 11.6 Å². The Morgan fingerprint density at radius 3 is 3.20 bits per heavy atom. The van der Waals surface area contributed by atoms with Gasteiger partial charge >= 0.3 is 0 Å². The normalized spacial score (nSPS) is 16.8. The van der Waals surface area contributed by atoms with Gasteiger partial charge in [0.25, 0.3) is 0 Å². The van der Waals surface area contributed by atoms with Gasteiger partial charge in [0.15, 0.2) is 0 Å². The zero-order chi connectivity index (χ0) is 7.40. The van der Waals surface area contributed by atoms with Crippen LogP contribution in [0.1, 0.15) is 13.3 Å². The Morgan fingerprint density at radius 1 is 1.70 bits per heavy atom. The van der Waals surface area contributed by atoms with Crippen LogP contribution in [0.25, 0.3) is 0 Å². The highest BCUT2D eigenvalue weighted by atomic mass is 14.7. The van der Waals surface area contributed by atoms with Gasteiger partial charge in [-0.25, -0.2) is 0 Å². The summed E-state index contributed by atoms with van der Waals surface area (Å²) in [7, 11) is 0. The number of nitrogens with zero attached hydrogens (tertiary/aromatic N) is 2. The van der Waals surface area contributed by atoms with Crippen LogP contribution >= 0.6 is 0 Å².